The van der Waals surface area contributed by atoms with Crippen molar-refractivity contribution in [1.82, 2.24) is 0 Å². The van der Waals surface area contributed by atoms with Crippen molar-refractivity contribution in [2.45, 2.75) is 19.9 Å². The summed E-state index contributed by atoms with van der Waals surface area (Å²) >= 11 is 0. The lowest BCUT2D eigenvalue weighted by atomic mass is 10.0. The van der Waals surface area contributed by atoms with Crippen molar-refractivity contribution >= 4 is 5.69 Å². The molecule has 0 aliphatic heterocycles. The van der Waals surface area contributed by atoms with Crippen LogP contribution in [-0.2, 0) is 0 Å². The molecule has 1 aromatic carbocycles. The summed E-state index contributed by atoms with van der Waals surface area (Å²) in [7, 11) is 0. The number of benzene rings is 1. The van der Waals surface area contributed by atoms with E-state index in [0.717, 1.165) is 5.69 Å². The average Bonchev–Trinajstić information content (AvgIpc) is 2.15. The van der Waals surface area contributed by atoms with E-state index in [1.54, 1.807) is 0 Å². The molecule has 0 heterocycles. The second-order valence-electron chi connectivity index (χ2n) is 3.52. The van der Waals surface area contributed by atoms with Gasteiger partial charge in [-0.15, -0.1) is 6.58 Å². The van der Waals surface area contributed by atoms with Crippen LogP contribution in [0.25, 0.3) is 0 Å². The molecule has 70 valence electrons. The maximum Gasteiger partial charge on any atom is 0.0464 e. The Morgan fingerprint density at radius 2 is 1.85 bits per heavy atom. The Bertz CT molecular complexity index is 251. The fourth-order valence-corrected chi connectivity index (χ4v) is 1.22. The molecular formula is C12H17N. The molecule has 1 N–H and O–H groups in total. The van der Waals surface area contributed by atoms with E-state index in [4.69, 9.17) is 0 Å². The largest absolute Gasteiger partial charge is 0.379 e. The molecule has 1 atom stereocenters. The number of nitrogens with one attached hydrogen (secondary N) is 1. The number of rotatable bonds is 4. The summed E-state index contributed by atoms with van der Waals surface area (Å²) in [6.45, 7) is 8.18. The van der Waals surface area contributed by atoms with Gasteiger partial charge in [0.1, 0.15) is 0 Å². The fraction of sp³-hybridized carbons (Fsp3) is 0.333. The van der Waals surface area contributed by atoms with Gasteiger partial charge in [-0.25, -0.2) is 0 Å². The highest BCUT2D eigenvalue weighted by molar-refractivity contribution is 5.44. The molecule has 0 aromatic heterocycles. The van der Waals surface area contributed by atoms with Crippen molar-refractivity contribution in [3.63, 3.8) is 0 Å². The first-order valence-corrected chi connectivity index (χ1v) is 4.68. The third-order valence-corrected chi connectivity index (χ3v) is 2.08. The van der Waals surface area contributed by atoms with Gasteiger partial charge in [-0.05, 0) is 18.1 Å². The Hall–Kier alpha value is -1.24. The molecule has 1 aromatic rings. The summed E-state index contributed by atoms with van der Waals surface area (Å²) in [6, 6.07) is 10.6. The van der Waals surface area contributed by atoms with Crippen molar-refractivity contribution < 1.29 is 0 Å². The predicted molar refractivity (Wildman–Crippen MR) is 58.9 cm³/mol. The van der Waals surface area contributed by atoms with E-state index in [-0.39, 0.29) is 0 Å². The minimum Gasteiger partial charge on any atom is -0.379 e. The highest BCUT2D eigenvalue weighted by Crippen LogP contribution is 2.12. The molecule has 0 radical (unpaired) electrons. The first kappa shape index (κ1) is 9.85. The van der Waals surface area contributed by atoms with Crippen molar-refractivity contribution in [3.05, 3.63) is 43.0 Å². The normalized spacial score (nSPS) is 12.5. The molecule has 0 fully saturated rings. The van der Waals surface area contributed by atoms with Crippen LogP contribution in [0.2, 0.25) is 0 Å². The summed E-state index contributed by atoms with van der Waals surface area (Å²) in [5.41, 5.74) is 1.15. The number of para-hydroxylation sites is 1. The highest BCUT2D eigenvalue weighted by atomic mass is 14.9. The van der Waals surface area contributed by atoms with E-state index < -0.39 is 0 Å². The van der Waals surface area contributed by atoms with Gasteiger partial charge in [0.25, 0.3) is 0 Å². The van der Waals surface area contributed by atoms with Gasteiger partial charge in [0, 0.05) is 11.7 Å². The van der Waals surface area contributed by atoms with Crippen molar-refractivity contribution in [2.75, 3.05) is 5.32 Å². The summed E-state index contributed by atoms with van der Waals surface area (Å²) in [6.07, 6.45) is 1.96. The predicted octanol–water partition coefficient (Wildman–Crippen LogP) is 3.31. The van der Waals surface area contributed by atoms with Crippen LogP contribution in [0.5, 0.6) is 0 Å². The molecule has 0 saturated heterocycles. The number of hydrogen-bond donors (Lipinski definition) is 1. The summed E-state index contributed by atoms with van der Waals surface area (Å²) in [4.78, 5) is 0. The van der Waals surface area contributed by atoms with Crippen LogP contribution < -0.4 is 5.32 Å². The van der Waals surface area contributed by atoms with Gasteiger partial charge < -0.3 is 5.32 Å². The van der Waals surface area contributed by atoms with E-state index in [1.165, 1.54) is 0 Å². The van der Waals surface area contributed by atoms with E-state index in [9.17, 15) is 0 Å². The zero-order valence-electron chi connectivity index (χ0n) is 8.33. The Morgan fingerprint density at radius 1 is 1.23 bits per heavy atom. The Kier molecular flexibility index (Phi) is 3.56. The van der Waals surface area contributed by atoms with Gasteiger partial charge in [0.2, 0.25) is 0 Å². The topological polar surface area (TPSA) is 12.0 Å². The van der Waals surface area contributed by atoms with Crippen LogP contribution in [-0.4, -0.2) is 6.04 Å². The second-order valence-corrected chi connectivity index (χ2v) is 3.52. The van der Waals surface area contributed by atoms with Crippen LogP contribution in [0.15, 0.2) is 43.0 Å². The van der Waals surface area contributed by atoms with Crippen molar-refractivity contribution in [2.24, 2.45) is 5.92 Å². The van der Waals surface area contributed by atoms with Crippen LogP contribution >= 0.6 is 0 Å². The third-order valence-electron chi connectivity index (χ3n) is 2.08. The zero-order valence-corrected chi connectivity index (χ0v) is 8.33. The van der Waals surface area contributed by atoms with Crippen LogP contribution in [0.4, 0.5) is 5.69 Å². The molecule has 0 aliphatic carbocycles. The van der Waals surface area contributed by atoms with Gasteiger partial charge in [-0.1, -0.05) is 38.1 Å². The Labute approximate surface area is 80.5 Å². The molecule has 0 aliphatic rings. The maximum atomic E-state index is 3.82. The third kappa shape index (κ3) is 2.94. The average molecular weight is 175 g/mol. The lowest BCUT2D eigenvalue weighted by Crippen LogP contribution is -2.22. The molecule has 0 spiro atoms. The molecule has 0 bridgehead atoms. The summed E-state index contributed by atoms with van der Waals surface area (Å²) in [5, 5.41) is 3.41. The van der Waals surface area contributed by atoms with Crippen LogP contribution in [0.1, 0.15) is 13.8 Å². The molecule has 0 saturated carbocycles. The minimum absolute atomic E-state index is 0.349. The van der Waals surface area contributed by atoms with Gasteiger partial charge in [0.15, 0.2) is 0 Å². The number of hydrogen-bond acceptors (Lipinski definition) is 1. The van der Waals surface area contributed by atoms with Crippen LogP contribution in [0.3, 0.4) is 0 Å². The van der Waals surface area contributed by atoms with E-state index in [1.807, 2.05) is 24.3 Å². The van der Waals surface area contributed by atoms with Gasteiger partial charge in [-0.2, -0.15) is 0 Å². The SMILES string of the molecule is C=C[C@H](Nc1ccccc1)C(C)C. The first-order valence-electron chi connectivity index (χ1n) is 4.68. The van der Waals surface area contributed by atoms with Gasteiger partial charge in [-0.3, -0.25) is 0 Å². The first-order chi connectivity index (χ1) is 6.24. The monoisotopic (exact) mass is 175 g/mol. The molecule has 0 unspecified atom stereocenters. The van der Waals surface area contributed by atoms with E-state index >= 15 is 0 Å². The Morgan fingerprint density at radius 3 is 2.31 bits per heavy atom. The highest BCUT2D eigenvalue weighted by Gasteiger charge is 2.07. The summed E-state index contributed by atoms with van der Waals surface area (Å²) < 4.78 is 0. The molecule has 0 amide bonds. The van der Waals surface area contributed by atoms with E-state index in [0.29, 0.717) is 12.0 Å². The zero-order chi connectivity index (χ0) is 9.68. The van der Waals surface area contributed by atoms with Gasteiger partial charge >= 0.3 is 0 Å². The van der Waals surface area contributed by atoms with Crippen LogP contribution in [0, 0.1) is 5.92 Å². The molecular weight excluding hydrogens is 158 g/mol. The minimum atomic E-state index is 0.349. The van der Waals surface area contributed by atoms with Crippen molar-refractivity contribution in [3.8, 4) is 0 Å². The second kappa shape index (κ2) is 4.70. The lowest BCUT2D eigenvalue weighted by Gasteiger charge is -2.19. The number of anilines is 1. The fourth-order valence-electron chi connectivity index (χ4n) is 1.22. The van der Waals surface area contributed by atoms with E-state index in [2.05, 4.69) is 37.9 Å². The molecule has 1 nitrogen and oxygen atoms in total. The summed E-state index contributed by atoms with van der Waals surface area (Å²) in [5.74, 6) is 0.567. The smallest absolute Gasteiger partial charge is 0.0464 e. The molecule has 13 heavy (non-hydrogen) atoms. The Balaban J connectivity index is 2.62. The van der Waals surface area contributed by atoms with Crippen molar-refractivity contribution in [1.29, 1.82) is 0 Å². The lowest BCUT2D eigenvalue weighted by molar-refractivity contribution is 0.601. The molecule has 1 rings (SSSR count). The quantitative estimate of drug-likeness (QED) is 0.692. The molecule has 1 heteroatoms. The maximum absolute atomic E-state index is 3.82. The standard InChI is InChI=1S/C12H17N/c1-4-12(10(2)3)13-11-8-6-5-7-9-11/h4-10,12-13H,1H2,2-3H3/t12-/m0/s1. The van der Waals surface area contributed by atoms with Gasteiger partial charge in [0.05, 0.1) is 0 Å².